The van der Waals surface area contributed by atoms with Crippen molar-refractivity contribution in [2.24, 2.45) is 5.73 Å². The van der Waals surface area contributed by atoms with Crippen molar-refractivity contribution in [3.05, 3.63) is 47.9 Å². The Bertz CT molecular complexity index is 915. The fraction of sp³-hybridized carbons (Fsp3) is 0.368. The summed E-state index contributed by atoms with van der Waals surface area (Å²) in [6.45, 7) is 6.26. The second-order valence-electron chi connectivity index (χ2n) is 6.43. The molecule has 0 spiro atoms. The van der Waals surface area contributed by atoms with Crippen LogP contribution in [0.5, 0.6) is 0 Å². The number of hydrogen-bond acceptors (Lipinski definition) is 5. The summed E-state index contributed by atoms with van der Waals surface area (Å²) in [5.41, 5.74) is 8.17. The molecule has 7 heteroatoms. The maximum absolute atomic E-state index is 12.8. The van der Waals surface area contributed by atoms with Crippen molar-refractivity contribution in [2.75, 3.05) is 6.54 Å². The van der Waals surface area contributed by atoms with Crippen molar-refractivity contribution in [2.45, 2.75) is 39.2 Å². The lowest BCUT2D eigenvalue weighted by molar-refractivity contribution is 0.0889. The van der Waals surface area contributed by atoms with Gasteiger partial charge >= 0.3 is 0 Å². The Hall–Kier alpha value is -2.80. The predicted molar refractivity (Wildman–Crippen MR) is 101 cm³/mol. The highest BCUT2D eigenvalue weighted by Gasteiger charge is 2.29. The molecule has 7 nitrogen and oxygen atoms in total. The highest BCUT2D eigenvalue weighted by Crippen LogP contribution is 2.22. The summed E-state index contributed by atoms with van der Waals surface area (Å²) < 4.78 is 1.68. The van der Waals surface area contributed by atoms with Crippen molar-refractivity contribution in [1.29, 1.82) is 0 Å². The molecule has 0 fully saturated rings. The lowest BCUT2D eigenvalue weighted by Gasteiger charge is -2.31. The molecule has 2 heterocycles. The Morgan fingerprint density at radius 1 is 1.23 bits per heavy atom. The number of pyridine rings is 1. The molecular weight excluding hydrogens is 328 g/mol. The molecule has 0 saturated carbocycles. The van der Waals surface area contributed by atoms with Gasteiger partial charge in [0.25, 0.3) is 5.91 Å². The monoisotopic (exact) mass is 352 g/mol. The van der Waals surface area contributed by atoms with E-state index in [9.17, 15) is 4.79 Å². The van der Waals surface area contributed by atoms with E-state index in [1.54, 1.807) is 10.9 Å². The van der Waals surface area contributed by atoms with Crippen molar-refractivity contribution in [3.8, 4) is 5.69 Å². The number of amides is 1. The van der Waals surface area contributed by atoms with Crippen molar-refractivity contribution >= 4 is 16.8 Å². The van der Waals surface area contributed by atoms with E-state index in [0.29, 0.717) is 17.9 Å². The number of rotatable bonds is 6. The summed E-state index contributed by atoms with van der Waals surface area (Å²) in [5, 5.41) is 12.3. The Morgan fingerprint density at radius 3 is 2.69 bits per heavy atom. The fourth-order valence-electron chi connectivity index (χ4n) is 3.11. The first-order valence-corrected chi connectivity index (χ1v) is 8.84. The van der Waals surface area contributed by atoms with E-state index >= 15 is 0 Å². The maximum atomic E-state index is 12.8. The van der Waals surface area contributed by atoms with Crippen LogP contribution in [0.4, 0.5) is 0 Å². The van der Waals surface area contributed by atoms with Crippen LogP contribution in [0.1, 0.15) is 42.9 Å². The van der Waals surface area contributed by atoms with Gasteiger partial charge in [-0.15, -0.1) is 5.10 Å². The van der Waals surface area contributed by atoms with E-state index in [4.69, 9.17) is 5.73 Å². The number of nitrogens with zero attached hydrogens (tertiary/aromatic N) is 4. The molecule has 1 aromatic carbocycles. The molecule has 3 aromatic rings. The molecule has 0 radical (unpaired) electrons. The SMILES string of the molecule is CCC(CC)(CN)NC(=O)c1nnn(-c2cccc3ncccc23)c1C. The first-order valence-electron chi connectivity index (χ1n) is 8.84. The zero-order chi connectivity index (χ0) is 18.7. The molecule has 3 rings (SSSR count). The average molecular weight is 352 g/mol. The minimum Gasteiger partial charge on any atom is -0.344 e. The van der Waals surface area contributed by atoms with Crippen LogP contribution in [0.15, 0.2) is 36.5 Å². The Morgan fingerprint density at radius 2 is 2.00 bits per heavy atom. The molecule has 26 heavy (non-hydrogen) atoms. The van der Waals surface area contributed by atoms with Gasteiger partial charge in [0.1, 0.15) is 0 Å². The molecule has 0 aliphatic heterocycles. The van der Waals surface area contributed by atoms with Crippen molar-refractivity contribution < 1.29 is 4.79 Å². The number of aromatic nitrogens is 4. The summed E-state index contributed by atoms with van der Waals surface area (Å²) >= 11 is 0. The summed E-state index contributed by atoms with van der Waals surface area (Å²) in [7, 11) is 0. The summed E-state index contributed by atoms with van der Waals surface area (Å²) in [4.78, 5) is 17.1. The topological polar surface area (TPSA) is 98.7 Å². The molecule has 0 unspecified atom stereocenters. The number of carbonyl (C=O) groups is 1. The second kappa shape index (κ2) is 7.21. The van der Waals surface area contributed by atoms with Gasteiger partial charge in [0.05, 0.1) is 22.4 Å². The van der Waals surface area contributed by atoms with E-state index in [2.05, 4.69) is 20.6 Å². The number of carbonyl (C=O) groups excluding carboxylic acids is 1. The number of fused-ring (bicyclic) bond motifs is 1. The molecule has 0 atom stereocenters. The molecule has 1 amide bonds. The second-order valence-corrected chi connectivity index (χ2v) is 6.43. The van der Waals surface area contributed by atoms with Crippen LogP contribution in [0, 0.1) is 6.92 Å². The van der Waals surface area contributed by atoms with Crippen LogP contribution in [0.3, 0.4) is 0 Å². The van der Waals surface area contributed by atoms with Gasteiger partial charge in [-0.1, -0.05) is 25.1 Å². The molecular formula is C19H24N6O. The largest absolute Gasteiger partial charge is 0.344 e. The fourth-order valence-corrected chi connectivity index (χ4v) is 3.11. The van der Waals surface area contributed by atoms with Gasteiger partial charge in [0.2, 0.25) is 0 Å². The normalized spacial score (nSPS) is 11.7. The lowest BCUT2D eigenvalue weighted by atomic mass is 9.92. The first kappa shape index (κ1) is 18.0. The van der Waals surface area contributed by atoms with Gasteiger partial charge in [0, 0.05) is 18.1 Å². The molecule has 0 saturated heterocycles. The van der Waals surface area contributed by atoms with Crippen LogP contribution < -0.4 is 11.1 Å². The first-order chi connectivity index (χ1) is 12.5. The number of hydrogen-bond donors (Lipinski definition) is 2. The van der Waals surface area contributed by atoms with E-state index in [-0.39, 0.29) is 5.91 Å². The standard InChI is InChI=1S/C19H24N6O/c1-4-19(5-2,12-20)22-18(26)17-13(3)25(24-23-17)16-10-6-9-15-14(16)8-7-11-21-15/h6-11H,4-5,12,20H2,1-3H3,(H,22,26). The smallest absolute Gasteiger partial charge is 0.274 e. The molecule has 136 valence electrons. The number of nitrogens with one attached hydrogen (secondary N) is 1. The quantitative estimate of drug-likeness (QED) is 0.709. The third kappa shape index (κ3) is 3.06. The third-order valence-corrected chi connectivity index (χ3v) is 5.08. The molecule has 3 N–H and O–H groups in total. The maximum Gasteiger partial charge on any atom is 0.274 e. The molecule has 2 aromatic heterocycles. The van der Waals surface area contributed by atoms with Gasteiger partial charge in [-0.2, -0.15) is 0 Å². The van der Waals surface area contributed by atoms with E-state index < -0.39 is 5.54 Å². The van der Waals surface area contributed by atoms with Gasteiger partial charge < -0.3 is 11.1 Å². The highest BCUT2D eigenvalue weighted by atomic mass is 16.2. The van der Waals surface area contributed by atoms with Crippen LogP contribution in [0.25, 0.3) is 16.6 Å². The van der Waals surface area contributed by atoms with E-state index in [0.717, 1.165) is 29.4 Å². The lowest BCUT2D eigenvalue weighted by Crippen LogP contribution is -2.53. The zero-order valence-corrected chi connectivity index (χ0v) is 15.4. The highest BCUT2D eigenvalue weighted by molar-refractivity contribution is 5.94. The Kier molecular flexibility index (Phi) is 4.99. The van der Waals surface area contributed by atoms with Gasteiger partial charge in [-0.05, 0) is 44.0 Å². The average Bonchev–Trinajstić information content (AvgIpc) is 3.07. The van der Waals surface area contributed by atoms with Gasteiger partial charge in [-0.3, -0.25) is 9.78 Å². The van der Waals surface area contributed by atoms with E-state index in [1.165, 1.54) is 0 Å². The number of nitrogens with two attached hydrogens (primary N) is 1. The van der Waals surface area contributed by atoms with Crippen molar-refractivity contribution in [3.63, 3.8) is 0 Å². The predicted octanol–water partition coefficient (Wildman–Crippen LogP) is 2.37. The van der Waals surface area contributed by atoms with Crippen LogP contribution >= 0.6 is 0 Å². The summed E-state index contributed by atoms with van der Waals surface area (Å²) in [6, 6.07) is 9.65. The summed E-state index contributed by atoms with van der Waals surface area (Å²) in [5.74, 6) is -0.249. The van der Waals surface area contributed by atoms with Gasteiger partial charge in [-0.25, -0.2) is 4.68 Å². The minimum absolute atomic E-state index is 0.249. The Balaban J connectivity index is 1.99. The van der Waals surface area contributed by atoms with Crippen molar-refractivity contribution in [1.82, 2.24) is 25.3 Å². The van der Waals surface area contributed by atoms with E-state index in [1.807, 2.05) is 51.1 Å². The minimum atomic E-state index is -0.420. The Labute approximate surface area is 152 Å². The molecule has 0 aliphatic carbocycles. The molecule has 0 aliphatic rings. The van der Waals surface area contributed by atoms with Crippen LogP contribution in [-0.2, 0) is 0 Å². The molecule has 0 bridgehead atoms. The zero-order valence-electron chi connectivity index (χ0n) is 15.4. The summed E-state index contributed by atoms with van der Waals surface area (Å²) in [6.07, 6.45) is 3.27. The van der Waals surface area contributed by atoms with Crippen LogP contribution in [-0.4, -0.2) is 38.0 Å². The third-order valence-electron chi connectivity index (χ3n) is 5.08. The number of benzene rings is 1. The van der Waals surface area contributed by atoms with Crippen LogP contribution in [0.2, 0.25) is 0 Å². The van der Waals surface area contributed by atoms with Gasteiger partial charge in [0.15, 0.2) is 5.69 Å².